The van der Waals surface area contributed by atoms with Crippen molar-refractivity contribution >= 4 is 75.7 Å². The number of carboxylic acid groups (broad SMARTS) is 2. The average Bonchev–Trinajstić information content (AvgIpc) is 3.68. The third-order valence-corrected chi connectivity index (χ3v) is 9.31. The molecule has 5 rings (SSSR count). The number of β-lactam (4-membered cyclic amide) rings is 1. The summed E-state index contributed by atoms with van der Waals surface area (Å²) in [5.74, 6) is -3.75. The number of nitrogens with two attached hydrogens (primary N) is 1. The van der Waals surface area contributed by atoms with Crippen LogP contribution in [0.15, 0.2) is 63.0 Å². The van der Waals surface area contributed by atoms with Gasteiger partial charge in [-0.15, -0.1) is 28.2 Å². The Bertz CT molecular complexity index is 1740. The molecule has 1 saturated heterocycles. The average molecular weight is 689 g/mol. The number of nitrogens with one attached hydrogen (secondary N) is 2. The second kappa shape index (κ2) is 14.4. The van der Waals surface area contributed by atoms with E-state index in [0.29, 0.717) is 5.57 Å². The Kier molecular flexibility index (Phi) is 10.1. The maximum atomic E-state index is 13.3. The van der Waals surface area contributed by atoms with Gasteiger partial charge in [0.1, 0.15) is 29.4 Å². The normalized spacial score (nSPS) is 18.1. The number of oxime groups is 1. The van der Waals surface area contributed by atoms with Gasteiger partial charge in [0.05, 0.1) is 13.3 Å². The third kappa shape index (κ3) is 7.11. The highest BCUT2D eigenvalue weighted by Crippen LogP contribution is 2.41. The van der Waals surface area contributed by atoms with Crippen LogP contribution in [0.25, 0.3) is 6.20 Å². The summed E-state index contributed by atoms with van der Waals surface area (Å²) in [6.07, 6.45) is 1.09. The van der Waals surface area contributed by atoms with Crippen molar-refractivity contribution in [3.05, 3.63) is 63.9 Å². The number of hydroxylamine groups is 1. The first-order chi connectivity index (χ1) is 22.2. The Hall–Kier alpha value is -4.99. The SMILES string of the molecule is CONC(=Cn1nnnc1SCC1=C(C(=O)O)N2C(=O)C(NC(=O)C(=NOCc3ccccc3)c3csc(N)n3)[C@@H]2SC1)C(=O)O. The maximum Gasteiger partial charge on any atom is 0.355 e. The highest BCUT2D eigenvalue weighted by Gasteiger charge is 2.54. The molecule has 2 aliphatic rings. The lowest BCUT2D eigenvalue weighted by atomic mass is 10.0. The molecule has 240 valence electrons. The van der Waals surface area contributed by atoms with E-state index in [2.05, 4.69) is 41.3 Å². The molecular weight excluding hydrogens is 665 g/mol. The van der Waals surface area contributed by atoms with Gasteiger partial charge in [0.15, 0.2) is 16.5 Å². The lowest BCUT2D eigenvalue weighted by Crippen LogP contribution is -2.71. The molecule has 2 aromatic heterocycles. The Labute approximate surface area is 271 Å². The number of tetrazole rings is 1. The minimum absolute atomic E-state index is 0.0668. The summed E-state index contributed by atoms with van der Waals surface area (Å²) in [6.45, 7) is 0.0762. The number of thiazole rings is 1. The smallest absolute Gasteiger partial charge is 0.355 e. The summed E-state index contributed by atoms with van der Waals surface area (Å²) in [5, 5.41) is 38.3. The van der Waals surface area contributed by atoms with Gasteiger partial charge in [-0.05, 0) is 21.6 Å². The zero-order valence-electron chi connectivity index (χ0n) is 23.6. The summed E-state index contributed by atoms with van der Waals surface area (Å²) in [7, 11) is 1.23. The van der Waals surface area contributed by atoms with Crippen LogP contribution in [0.4, 0.5) is 5.13 Å². The number of thioether (sulfide) groups is 2. The van der Waals surface area contributed by atoms with E-state index >= 15 is 0 Å². The van der Waals surface area contributed by atoms with Gasteiger partial charge in [-0.2, -0.15) is 4.68 Å². The van der Waals surface area contributed by atoms with Gasteiger partial charge < -0.3 is 26.1 Å². The molecule has 0 spiro atoms. The van der Waals surface area contributed by atoms with E-state index in [-0.39, 0.29) is 51.2 Å². The van der Waals surface area contributed by atoms with Crippen molar-refractivity contribution in [2.45, 2.75) is 23.2 Å². The number of amides is 2. The van der Waals surface area contributed by atoms with E-state index in [9.17, 15) is 29.4 Å². The van der Waals surface area contributed by atoms with Gasteiger partial charge in [0.2, 0.25) is 5.16 Å². The van der Waals surface area contributed by atoms with Crippen molar-refractivity contribution < 1.29 is 39.1 Å². The molecule has 0 bridgehead atoms. The number of fused-ring (bicyclic) bond motifs is 1. The summed E-state index contributed by atoms with van der Waals surface area (Å²) >= 11 is 3.39. The molecule has 0 aliphatic carbocycles. The van der Waals surface area contributed by atoms with Gasteiger partial charge in [0.25, 0.3) is 11.8 Å². The second-order valence-electron chi connectivity index (χ2n) is 9.24. The lowest BCUT2D eigenvalue weighted by molar-refractivity contribution is -0.150. The van der Waals surface area contributed by atoms with Crippen molar-refractivity contribution in [3.8, 4) is 0 Å². The molecule has 2 atom stereocenters. The summed E-state index contributed by atoms with van der Waals surface area (Å²) in [5.41, 5.74) is 8.56. The van der Waals surface area contributed by atoms with Crippen molar-refractivity contribution in [3.63, 3.8) is 0 Å². The number of rotatable bonds is 14. The monoisotopic (exact) mass is 688 g/mol. The van der Waals surface area contributed by atoms with Gasteiger partial charge in [0, 0.05) is 16.9 Å². The van der Waals surface area contributed by atoms with Crippen LogP contribution in [0.5, 0.6) is 0 Å². The van der Waals surface area contributed by atoms with E-state index in [1.54, 1.807) is 0 Å². The fourth-order valence-electron chi connectivity index (χ4n) is 4.22. The number of anilines is 1. The van der Waals surface area contributed by atoms with E-state index in [0.717, 1.165) is 44.4 Å². The molecular formula is C25H24N10O8S3. The first-order valence-corrected chi connectivity index (χ1v) is 15.9. The fraction of sp³-hybridized carbons (Fsp3) is 0.240. The van der Waals surface area contributed by atoms with Crippen molar-refractivity contribution in [1.82, 2.24) is 40.9 Å². The molecule has 18 nitrogen and oxygen atoms in total. The number of nitrogen functional groups attached to an aromatic ring is 1. The van der Waals surface area contributed by atoms with Crippen molar-refractivity contribution in [1.29, 1.82) is 0 Å². The first-order valence-electron chi connectivity index (χ1n) is 13.0. The summed E-state index contributed by atoms with van der Waals surface area (Å²) in [4.78, 5) is 65.6. The van der Waals surface area contributed by atoms with E-state index < -0.39 is 35.2 Å². The molecule has 21 heteroatoms. The molecule has 1 unspecified atom stereocenters. The van der Waals surface area contributed by atoms with Crippen LogP contribution in [0, 0.1) is 0 Å². The highest BCUT2D eigenvalue weighted by molar-refractivity contribution is 8.01. The predicted molar refractivity (Wildman–Crippen MR) is 165 cm³/mol. The number of carbonyl (C=O) groups excluding carboxylic acids is 2. The van der Waals surface area contributed by atoms with Crippen LogP contribution in [-0.4, -0.2) is 99.8 Å². The fourth-order valence-corrected chi connectivity index (χ4v) is 7.10. The topological polar surface area (TPSA) is 249 Å². The van der Waals surface area contributed by atoms with Gasteiger partial charge in [-0.25, -0.2) is 14.6 Å². The number of carbonyl (C=O) groups is 4. The minimum atomic E-state index is -1.33. The molecule has 0 saturated carbocycles. The highest BCUT2D eigenvalue weighted by atomic mass is 32.2. The van der Waals surface area contributed by atoms with Crippen LogP contribution in [-0.2, 0) is 35.5 Å². The van der Waals surface area contributed by atoms with Crippen LogP contribution in [0.3, 0.4) is 0 Å². The van der Waals surface area contributed by atoms with Crippen molar-refractivity contribution in [2.24, 2.45) is 5.16 Å². The third-order valence-electron chi connectivity index (χ3n) is 6.28. The molecule has 2 aliphatic heterocycles. The van der Waals surface area contributed by atoms with E-state index in [4.69, 9.17) is 10.6 Å². The van der Waals surface area contributed by atoms with Crippen LogP contribution < -0.4 is 16.5 Å². The largest absolute Gasteiger partial charge is 0.477 e. The van der Waals surface area contributed by atoms with Crippen LogP contribution in [0.2, 0.25) is 0 Å². The number of aliphatic carboxylic acids is 2. The predicted octanol–water partition coefficient (Wildman–Crippen LogP) is 0.198. The summed E-state index contributed by atoms with van der Waals surface area (Å²) in [6, 6.07) is 8.12. The van der Waals surface area contributed by atoms with Gasteiger partial charge in [-0.1, -0.05) is 47.2 Å². The molecule has 2 amide bonds. The second-order valence-corrected chi connectivity index (χ2v) is 12.2. The minimum Gasteiger partial charge on any atom is -0.477 e. The number of aromatic nitrogens is 5. The molecule has 0 radical (unpaired) electrons. The number of benzene rings is 1. The Balaban J connectivity index is 1.29. The summed E-state index contributed by atoms with van der Waals surface area (Å²) < 4.78 is 1.08. The number of nitrogens with zero attached hydrogens (tertiary/aromatic N) is 7. The maximum absolute atomic E-state index is 13.3. The Morgan fingerprint density at radius 3 is 2.72 bits per heavy atom. The Morgan fingerprint density at radius 1 is 1.26 bits per heavy atom. The van der Waals surface area contributed by atoms with Gasteiger partial charge in [-0.3, -0.25) is 24.8 Å². The zero-order valence-corrected chi connectivity index (χ0v) is 26.0. The molecule has 1 aromatic carbocycles. The molecule has 1 fully saturated rings. The number of hydrogen-bond acceptors (Lipinski definition) is 16. The van der Waals surface area contributed by atoms with Gasteiger partial charge >= 0.3 is 11.9 Å². The molecule has 6 N–H and O–H groups in total. The standard InChI is InChI=1S/C25H24N10O8S3/c1-42-30-14(22(38)39)7-34-25(29-32-33-34)46-10-13-9-44-21-17(20(37)35(21)18(13)23(40)41)28-19(36)16(15-11-45-24(26)27-15)31-43-8-12-5-3-2-4-6-12/h2-7,11,17,21,30H,8-10H2,1H3,(H2,26,27)(H,28,36)(H,38,39)(H,40,41)/t17?,21-/m0/s1. The molecule has 4 heterocycles. The number of carboxylic acids is 2. The van der Waals surface area contributed by atoms with E-state index in [1.165, 1.54) is 24.3 Å². The Morgan fingerprint density at radius 2 is 2.04 bits per heavy atom. The quantitative estimate of drug-likeness (QED) is 0.0499. The zero-order chi connectivity index (χ0) is 32.8. The van der Waals surface area contributed by atoms with Crippen LogP contribution in [0.1, 0.15) is 11.3 Å². The molecule has 46 heavy (non-hydrogen) atoms. The first kappa shape index (κ1) is 32.4. The van der Waals surface area contributed by atoms with Crippen molar-refractivity contribution in [2.75, 3.05) is 24.3 Å². The lowest BCUT2D eigenvalue weighted by Gasteiger charge is -2.49. The van der Waals surface area contributed by atoms with Crippen LogP contribution >= 0.6 is 34.9 Å². The number of hydrogen-bond donors (Lipinski definition) is 5. The molecule has 3 aromatic rings. The van der Waals surface area contributed by atoms with E-state index in [1.807, 2.05) is 30.3 Å².